The van der Waals surface area contributed by atoms with Crippen molar-refractivity contribution in [3.8, 4) is 17.1 Å². The van der Waals surface area contributed by atoms with E-state index < -0.39 is 0 Å². The van der Waals surface area contributed by atoms with E-state index in [4.69, 9.17) is 12.2 Å². The fraction of sp³-hybridized carbons (Fsp3) is 0.118. The smallest absolute Gasteiger partial charge is 0.200 e. The van der Waals surface area contributed by atoms with Crippen molar-refractivity contribution in [1.29, 1.82) is 0 Å². The molecule has 0 aliphatic heterocycles. The number of aromatic nitrogens is 3. The monoisotopic (exact) mass is 309 g/mol. The van der Waals surface area contributed by atoms with Gasteiger partial charge in [0.2, 0.25) is 0 Å². The van der Waals surface area contributed by atoms with Gasteiger partial charge in [-0.3, -0.25) is 14.5 Å². The molecule has 22 heavy (non-hydrogen) atoms. The Morgan fingerprint density at radius 1 is 1.18 bits per heavy atom. The average Bonchev–Trinajstić information content (AvgIpc) is 2.90. The van der Waals surface area contributed by atoms with E-state index in [1.54, 1.807) is 13.0 Å². The van der Waals surface area contributed by atoms with Crippen molar-refractivity contribution in [3.63, 3.8) is 0 Å². The number of H-pyrrole nitrogens is 1. The molecule has 0 unspecified atom stereocenters. The fourth-order valence-corrected chi connectivity index (χ4v) is 2.53. The van der Waals surface area contributed by atoms with Crippen LogP contribution in [0.3, 0.4) is 0 Å². The third-order valence-corrected chi connectivity index (χ3v) is 3.77. The number of aryl methyl sites for hydroxylation is 1. The predicted octanol–water partition coefficient (Wildman–Crippen LogP) is 4.11. The van der Waals surface area contributed by atoms with Gasteiger partial charge in [0.25, 0.3) is 0 Å². The van der Waals surface area contributed by atoms with E-state index in [1.807, 2.05) is 54.0 Å². The number of benzene rings is 2. The molecule has 0 amide bonds. The molecule has 0 radical (unpaired) electrons. The van der Waals surface area contributed by atoms with Crippen LogP contribution in [0, 0.1) is 11.7 Å². The van der Waals surface area contributed by atoms with Gasteiger partial charge in [0, 0.05) is 11.1 Å². The molecule has 0 bridgehead atoms. The van der Waals surface area contributed by atoms with E-state index >= 15 is 0 Å². The van der Waals surface area contributed by atoms with Crippen molar-refractivity contribution in [3.05, 3.63) is 64.4 Å². The van der Waals surface area contributed by atoms with Crippen LogP contribution in [0.2, 0.25) is 0 Å². The van der Waals surface area contributed by atoms with Gasteiger partial charge in [0.1, 0.15) is 0 Å². The second-order valence-corrected chi connectivity index (χ2v) is 5.55. The molecule has 0 saturated carbocycles. The summed E-state index contributed by atoms with van der Waals surface area (Å²) in [5, 5.41) is 7.16. The number of carbonyl (C=O) groups excluding carboxylic acids is 1. The molecule has 3 aromatic rings. The topological polar surface area (TPSA) is 50.7 Å². The molecule has 0 saturated heterocycles. The van der Waals surface area contributed by atoms with Gasteiger partial charge in [-0.15, -0.1) is 0 Å². The summed E-state index contributed by atoms with van der Waals surface area (Å²) in [5.74, 6) is 0.749. The van der Waals surface area contributed by atoms with Crippen molar-refractivity contribution in [2.24, 2.45) is 0 Å². The van der Waals surface area contributed by atoms with Crippen LogP contribution in [-0.2, 0) is 0 Å². The second-order valence-electron chi connectivity index (χ2n) is 5.16. The summed E-state index contributed by atoms with van der Waals surface area (Å²) in [4.78, 5) is 11.6. The summed E-state index contributed by atoms with van der Waals surface area (Å²) in [6.45, 7) is 3.59. The molecule has 1 heterocycles. The fourth-order valence-electron chi connectivity index (χ4n) is 2.30. The quantitative estimate of drug-likeness (QED) is 0.585. The van der Waals surface area contributed by atoms with Crippen LogP contribution >= 0.6 is 12.2 Å². The maximum absolute atomic E-state index is 11.6. The largest absolute Gasteiger partial charge is 0.295 e. The Morgan fingerprint density at radius 2 is 1.91 bits per heavy atom. The highest BCUT2D eigenvalue weighted by Crippen LogP contribution is 2.22. The third-order valence-electron chi connectivity index (χ3n) is 3.49. The summed E-state index contributed by atoms with van der Waals surface area (Å²) in [6.07, 6.45) is 0. The Morgan fingerprint density at radius 3 is 2.59 bits per heavy atom. The zero-order valence-corrected chi connectivity index (χ0v) is 13.1. The van der Waals surface area contributed by atoms with E-state index in [9.17, 15) is 4.79 Å². The van der Waals surface area contributed by atoms with E-state index in [-0.39, 0.29) is 5.78 Å². The van der Waals surface area contributed by atoms with Gasteiger partial charge in [0.05, 0.1) is 5.69 Å². The number of aromatic amines is 1. The highest BCUT2D eigenvalue weighted by atomic mass is 32.1. The molecule has 0 aliphatic rings. The maximum Gasteiger partial charge on any atom is 0.200 e. The number of rotatable bonds is 3. The first kappa shape index (κ1) is 14.4. The standard InChI is InChI=1S/C17H15N3OS/c1-11-6-8-13(9-7-11)16-18-19-17(22)20(16)15-5-3-4-14(10-15)12(2)21/h3-10H,1-2H3,(H,19,22). The lowest BCUT2D eigenvalue weighted by atomic mass is 10.1. The normalized spacial score (nSPS) is 10.6. The minimum absolute atomic E-state index is 0.0220. The lowest BCUT2D eigenvalue weighted by molar-refractivity contribution is 0.101. The van der Waals surface area contributed by atoms with E-state index in [1.165, 1.54) is 5.56 Å². The first-order valence-corrected chi connectivity index (χ1v) is 7.33. The Kier molecular flexibility index (Phi) is 3.73. The Hall–Kier alpha value is -2.53. The van der Waals surface area contributed by atoms with E-state index in [0.717, 1.165) is 17.1 Å². The molecule has 110 valence electrons. The summed E-state index contributed by atoms with van der Waals surface area (Å²) >= 11 is 5.35. The van der Waals surface area contributed by atoms with Crippen LogP contribution < -0.4 is 0 Å². The zero-order chi connectivity index (χ0) is 15.7. The first-order valence-electron chi connectivity index (χ1n) is 6.92. The SMILES string of the molecule is CC(=O)c1cccc(-n2c(-c3ccc(C)cc3)n[nH]c2=S)c1. The molecule has 0 atom stereocenters. The van der Waals surface area contributed by atoms with Gasteiger partial charge in [-0.2, -0.15) is 5.10 Å². The van der Waals surface area contributed by atoms with Gasteiger partial charge in [-0.25, -0.2) is 0 Å². The van der Waals surface area contributed by atoms with Gasteiger partial charge < -0.3 is 0 Å². The van der Waals surface area contributed by atoms with Gasteiger partial charge in [-0.05, 0) is 38.2 Å². The molecular weight excluding hydrogens is 294 g/mol. The number of hydrogen-bond donors (Lipinski definition) is 1. The van der Waals surface area contributed by atoms with Gasteiger partial charge >= 0.3 is 0 Å². The molecule has 0 fully saturated rings. The molecule has 0 aliphatic carbocycles. The number of hydrogen-bond acceptors (Lipinski definition) is 3. The van der Waals surface area contributed by atoms with Crippen LogP contribution in [-0.4, -0.2) is 20.5 Å². The first-order chi connectivity index (χ1) is 10.6. The molecule has 2 aromatic carbocycles. The van der Waals surface area contributed by atoms with E-state index in [0.29, 0.717) is 10.3 Å². The van der Waals surface area contributed by atoms with Crippen molar-refractivity contribution in [2.45, 2.75) is 13.8 Å². The Bertz CT molecular complexity index is 891. The molecule has 3 rings (SSSR count). The highest BCUT2D eigenvalue weighted by Gasteiger charge is 2.11. The minimum Gasteiger partial charge on any atom is -0.295 e. The average molecular weight is 309 g/mol. The molecule has 4 nitrogen and oxygen atoms in total. The molecule has 1 aromatic heterocycles. The van der Waals surface area contributed by atoms with Crippen LogP contribution in [0.15, 0.2) is 48.5 Å². The van der Waals surface area contributed by atoms with Crippen LogP contribution in [0.4, 0.5) is 0 Å². The number of nitrogens with zero attached hydrogens (tertiary/aromatic N) is 2. The number of nitrogens with one attached hydrogen (secondary N) is 1. The predicted molar refractivity (Wildman–Crippen MR) is 88.9 cm³/mol. The van der Waals surface area contributed by atoms with Crippen molar-refractivity contribution in [1.82, 2.24) is 14.8 Å². The Balaban J connectivity index is 2.18. The van der Waals surface area contributed by atoms with Gasteiger partial charge in [-0.1, -0.05) is 42.0 Å². The number of ketones is 1. The Labute approximate surface area is 133 Å². The summed E-state index contributed by atoms with van der Waals surface area (Å²) in [5.41, 5.74) is 3.62. The summed E-state index contributed by atoms with van der Waals surface area (Å²) in [6, 6.07) is 15.5. The molecule has 1 N–H and O–H groups in total. The third kappa shape index (κ3) is 2.63. The lowest BCUT2D eigenvalue weighted by Crippen LogP contribution is -2.00. The summed E-state index contributed by atoms with van der Waals surface area (Å²) < 4.78 is 2.34. The van der Waals surface area contributed by atoms with E-state index in [2.05, 4.69) is 10.2 Å². The number of Topliss-reactive ketones (excluding diaryl/α,β-unsaturated/α-hetero) is 1. The minimum atomic E-state index is 0.0220. The molecular formula is C17H15N3OS. The lowest BCUT2D eigenvalue weighted by Gasteiger charge is -2.08. The summed E-state index contributed by atoms with van der Waals surface area (Å²) in [7, 11) is 0. The van der Waals surface area contributed by atoms with Crippen molar-refractivity contribution < 1.29 is 4.79 Å². The van der Waals surface area contributed by atoms with Crippen LogP contribution in [0.1, 0.15) is 22.8 Å². The second kappa shape index (κ2) is 5.69. The molecule has 5 heteroatoms. The highest BCUT2D eigenvalue weighted by molar-refractivity contribution is 7.71. The van der Waals surface area contributed by atoms with Crippen LogP contribution in [0.5, 0.6) is 0 Å². The number of carbonyl (C=O) groups is 1. The zero-order valence-electron chi connectivity index (χ0n) is 12.3. The van der Waals surface area contributed by atoms with Gasteiger partial charge in [0.15, 0.2) is 16.4 Å². The maximum atomic E-state index is 11.6. The van der Waals surface area contributed by atoms with Crippen LogP contribution in [0.25, 0.3) is 17.1 Å². The molecule has 0 spiro atoms. The van der Waals surface area contributed by atoms with Crippen molar-refractivity contribution in [2.75, 3.05) is 0 Å². The van der Waals surface area contributed by atoms with Crippen molar-refractivity contribution >= 4 is 18.0 Å².